The third-order valence-corrected chi connectivity index (χ3v) is 3.35. The Hall–Kier alpha value is -0.0800. The fourth-order valence-electron chi connectivity index (χ4n) is 2.23. The van der Waals surface area contributed by atoms with E-state index in [1.165, 1.54) is 19.5 Å². The van der Waals surface area contributed by atoms with Gasteiger partial charge in [0.1, 0.15) is 0 Å². The van der Waals surface area contributed by atoms with Crippen LogP contribution in [0.3, 0.4) is 0 Å². The van der Waals surface area contributed by atoms with Crippen LogP contribution in [0, 0.1) is 11.3 Å². The second kappa shape index (κ2) is 4.43. The average Bonchev–Trinajstić information content (AvgIpc) is 2.10. The molecule has 2 fully saturated rings. The van der Waals surface area contributed by atoms with Crippen LogP contribution < -0.4 is 0 Å². The minimum Gasteiger partial charge on any atom is -0.380 e. The molecule has 2 nitrogen and oxygen atoms in total. The first-order chi connectivity index (χ1) is 6.23. The number of piperidine rings is 1. The van der Waals surface area contributed by atoms with Gasteiger partial charge in [-0.1, -0.05) is 20.8 Å². The molecular weight excluding hydrogens is 162 g/mol. The number of hydrogen-bond acceptors (Lipinski definition) is 2. The fraction of sp³-hybridized carbons (Fsp3) is 1.00. The van der Waals surface area contributed by atoms with Crippen LogP contribution in [0.25, 0.3) is 0 Å². The summed E-state index contributed by atoms with van der Waals surface area (Å²) in [6.45, 7) is 10.9. The normalized spacial score (nSPS) is 31.8. The topological polar surface area (TPSA) is 12.5 Å². The number of likely N-dealkylation sites (tertiary alicyclic amines) is 1. The summed E-state index contributed by atoms with van der Waals surface area (Å²) < 4.78 is 5.31. The highest BCUT2D eigenvalue weighted by atomic mass is 16.5. The molecular formula is C11H23NO. The van der Waals surface area contributed by atoms with Gasteiger partial charge in [0, 0.05) is 12.0 Å². The smallest absolute Gasteiger partial charge is 0.0559 e. The van der Waals surface area contributed by atoms with Crippen molar-refractivity contribution in [2.75, 3.05) is 33.4 Å². The van der Waals surface area contributed by atoms with Crippen LogP contribution in [0.15, 0.2) is 0 Å². The van der Waals surface area contributed by atoms with E-state index in [4.69, 9.17) is 4.74 Å². The monoisotopic (exact) mass is 185 g/mol. The van der Waals surface area contributed by atoms with Gasteiger partial charge in [-0.25, -0.2) is 0 Å². The van der Waals surface area contributed by atoms with E-state index in [2.05, 4.69) is 18.9 Å². The molecule has 78 valence electrons. The second-order valence-corrected chi connectivity index (χ2v) is 4.28. The Morgan fingerprint density at radius 2 is 1.92 bits per heavy atom. The molecule has 0 aliphatic carbocycles. The lowest BCUT2D eigenvalue weighted by atomic mass is 9.70. The Balaban J connectivity index is 0.000000396. The highest BCUT2D eigenvalue weighted by Gasteiger charge is 2.46. The minimum absolute atomic E-state index is 0.535. The quantitative estimate of drug-likeness (QED) is 0.572. The zero-order valence-electron chi connectivity index (χ0n) is 9.47. The Bertz CT molecular complexity index is 154. The largest absolute Gasteiger partial charge is 0.380 e. The van der Waals surface area contributed by atoms with Gasteiger partial charge < -0.3 is 9.64 Å². The molecule has 2 rings (SSSR count). The van der Waals surface area contributed by atoms with Crippen molar-refractivity contribution in [2.45, 2.75) is 27.2 Å². The molecule has 1 unspecified atom stereocenters. The Kier molecular flexibility index (Phi) is 3.74. The summed E-state index contributed by atoms with van der Waals surface area (Å²) in [5.74, 6) is 0.868. The fourth-order valence-corrected chi connectivity index (χ4v) is 2.23. The summed E-state index contributed by atoms with van der Waals surface area (Å²) in [5, 5.41) is 0. The van der Waals surface area contributed by atoms with Crippen molar-refractivity contribution >= 4 is 0 Å². The molecule has 2 aliphatic heterocycles. The molecule has 0 aromatic heterocycles. The molecule has 0 amide bonds. The van der Waals surface area contributed by atoms with Crippen LogP contribution in [0.5, 0.6) is 0 Å². The number of rotatable bonds is 0. The van der Waals surface area contributed by atoms with Gasteiger partial charge in [-0.3, -0.25) is 0 Å². The lowest BCUT2D eigenvalue weighted by molar-refractivity contribution is -0.167. The van der Waals surface area contributed by atoms with E-state index in [0.29, 0.717) is 5.41 Å². The van der Waals surface area contributed by atoms with Crippen LogP contribution in [-0.4, -0.2) is 38.3 Å². The maximum absolute atomic E-state index is 5.31. The Labute approximate surface area is 82.3 Å². The molecule has 2 heteroatoms. The van der Waals surface area contributed by atoms with E-state index in [1.807, 2.05) is 13.8 Å². The minimum atomic E-state index is 0.535. The number of ether oxygens (including phenoxy) is 1. The van der Waals surface area contributed by atoms with Crippen molar-refractivity contribution in [1.82, 2.24) is 4.90 Å². The van der Waals surface area contributed by atoms with Crippen molar-refractivity contribution in [1.29, 1.82) is 0 Å². The molecule has 1 atom stereocenters. The maximum atomic E-state index is 5.31. The van der Waals surface area contributed by atoms with Crippen LogP contribution in [-0.2, 0) is 4.74 Å². The average molecular weight is 185 g/mol. The standard InChI is InChI=1S/C9H17NO.C2H6/c1-8-3-4-10(2)5-9(8)6-11-7-9;1-2/h8H,3-7H2,1-2H3;1-2H3. The second-order valence-electron chi connectivity index (χ2n) is 4.28. The maximum Gasteiger partial charge on any atom is 0.0559 e. The van der Waals surface area contributed by atoms with Gasteiger partial charge in [0.2, 0.25) is 0 Å². The molecule has 0 bridgehead atoms. The highest BCUT2D eigenvalue weighted by molar-refractivity contribution is 4.95. The predicted molar refractivity (Wildman–Crippen MR) is 55.9 cm³/mol. The SMILES string of the molecule is CC.CC1CCN(C)CC12COC2. The first-order valence-electron chi connectivity index (χ1n) is 5.49. The van der Waals surface area contributed by atoms with Crippen molar-refractivity contribution in [3.8, 4) is 0 Å². The lowest BCUT2D eigenvalue weighted by Gasteiger charge is -2.51. The molecule has 0 radical (unpaired) electrons. The predicted octanol–water partition coefficient (Wildman–Crippen LogP) is 2.00. The van der Waals surface area contributed by atoms with Crippen molar-refractivity contribution in [3.05, 3.63) is 0 Å². The zero-order chi connectivity index (χ0) is 9.90. The van der Waals surface area contributed by atoms with Gasteiger partial charge >= 0.3 is 0 Å². The molecule has 0 saturated carbocycles. The summed E-state index contributed by atoms with van der Waals surface area (Å²) in [7, 11) is 2.21. The van der Waals surface area contributed by atoms with E-state index < -0.39 is 0 Å². The van der Waals surface area contributed by atoms with Crippen LogP contribution >= 0.6 is 0 Å². The summed E-state index contributed by atoms with van der Waals surface area (Å²) in [6, 6.07) is 0. The van der Waals surface area contributed by atoms with E-state index in [9.17, 15) is 0 Å². The lowest BCUT2D eigenvalue weighted by Crippen LogP contribution is -2.57. The molecule has 0 aromatic rings. The molecule has 0 aromatic carbocycles. The van der Waals surface area contributed by atoms with E-state index in [0.717, 1.165) is 19.1 Å². The van der Waals surface area contributed by atoms with Crippen molar-refractivity contribution in [3.63, 3.8) is 0 Å². The van der Waals surface area contributed by atoms with Gasteiger partial charge in [0.05, 0.1) is 13.2 Å². The Morgan fingerprint density at radius 3 is 2.31 bits per heavy atom. The number of hydrogen-bond donors (Lipinski definition) is 0. The first-order valence-corrected chi connectivity index (χ1v) is 5.49. The molecule has 2 saturated heterocycles. The summed E-state index contributed by atoms with van der Waals surface area (Å²) in [4.78, 5) is 2.43. The van der Waals surface area contributed by atoms with Crippen LogP contribution in [0.4, 0.5) is 0 Å². The Morgan fingerprint density at radius 1 is 1.31 bits per heavy atom. The van der Waals surface area contributed by atoms with Crippen LogP contribution in [0.1, 0.15) is 27.2 Å². The summed E-state index contributed by atoms with van der Waals surface area (Å²) >= 11 is 0. The van der Waals surface area contributed by atoms with Crippen molar-refractivity contribution < 1.29 is 4.74 Å². The van der Waals surface area contributed by atoms with E-state index >= 15 is 0 Å². The van der Waals surface area contributed by atoms with Gasteiger partial charge in [-0.15, -0.1) is 0 Å². The zero-order valence-corrected chi connectivity index (χ0v) is 9.47. The summed E-state index contributed by atoms with van der Waals surface area (Å²) in [5.41, 5.74) is 0.535. The van der Waals surface area contributed by atoms with Gasteiger partial charge in [-0.2, -0.15) is 0 Å². The molecule has 2 heterocycles. The van der Waals surface area contributed by atoms with Crippen molar-refractivity contribution in [2.24, 2.45) is 11.3 Å². The van der Waals surface area contributed by atoms with E-state index in [1.54, 1.807) is 0 Å². The molecule has 13 heavy (non-hydrogen) atoms. The van der Waals surface area contributed by atoms with Gasteiger partial charge in [-0.05, 0) is 25.9 Å². The van der Waals surface area contributed by atoms with Gasteiger partial charge in [0.25, 0.3) is 0 Å². The molecule has 1 spiro atoms. The number of nitrogens with zero attached hydrogens (tertiary/aromatic N) is 1. The van der Waals surface area contributed by atoms with Gasteiger partial charge in [0.15, 0.2) is 0 Å². The summed E-state index contributed by atoms with van der Waals surface area (Å²) in [6.07, 6.45) is 1.35. The van der Waals surface area contributed by atoms with Crippen LogP contribution in [0.2, 0.25) is 0 Å². The molecule has 0 N–H and O–H groups in total. The third kappa shape index (κ3) is 2.05. The third-order valence-electron chi connectivity index (χ3n) is 3.35. The first kappa shape index (κ1) is 11.0. The molecule has 2 aliphatic rings. The highest BCUT2D eigenvalue weighted by Crippen LogP contribution is 2.40. The van der Waals surface area contributed by atoms with E-state index in [-0.39, 0.29) is 0 Å².